The first-order valence-electron chi connectivity index (χ1n) is 10.2. The minimum atomic E-state index is -0.0613. The molecule has 0 unspecified atom stereocenters. The Labute approximate surface area is 162 Å². The molecular weight excluding hydrogens is 342 g/mol. The molecule has 1 atom stereocenters. The zero-order valence-corrected chi connectivity index (χ0v) is 16.2. The lowest BCUT2D eigenvalue weighted by atomic mass is 9.93. The Kier molecular flexibility index (Phi) is 9.07. The lowest BCUT2D eigenvalue weighted by Gasteiger charge is -2.34. The highest BCUT2D eigenvalue weighted by Gasteiger charge is 2.29. The van der Waals surface area contributed by atoms with Crippen LogP contribution >= 0.6 is 0 Å². The highest BCUT2D eigenvalue weighted by Crippen LogP contribution is 2.20. The van der Waals surface area contributed by atoms with E-state index in [1.165, 1.54) is 19.3 Å². The molecule has 1 heterocycles. The molecule has 2 aliphatic rings. The van der Waals surface area contributed by atoms with Crippen LogP contribution in [-0.4, -0.2) is 60.4 Å². The molecule has 148 valence electrons. The van der Waals surface area contributed by atoms with Crippen LogP contribution in [0.3, 0.4) is 0 Å². The highest BCUT2D eigenvalue weighted by molar-refractivity contribution is 5.80. The summed E-state index contributed by atoms with van der Waals surface area (Å²) in [7, 11) is 0. The third kappa shape index (κ3) is 7.19. The average Bonchev–Trinajstić information content (AvgIpc) is 2.69. The summed E-state index contributed by atoms with van der Waals surface area (Å²) in [5.74, 6) is 0.0128. The minimum Gasteiger partial charge on any atom is -0.353 e. The van der Waals surface area contributed by atoms with Gasteiger partial charge in [-0.2, -0.15) is 10.5 Å². The Bertz CT molecular complexity index is 556. The maximum Gasteiger partial charge on any atom is 0.236 e. The number of hydrogen-bond acceptors (Lipinski definition) is 5. The summed E-state index contributed by atoms with van der Waals surface area (Å²) in [6.07, 6.45) is 8.12. The lowest BCUT2D eigenvalue weighted by molar-refractivity contribution is -0.134. The molecule has 1 N–H and O–H groups in total. The molecule has 2 fully saturated rings. The maximum absolute atomic E-state index is 12.6. The molecular formula is C20H31N5O2. The second-order valence-electron chi connectivity index (χ2n) is 7.61. The number of carbonyl (C=O) groups is 2. The number of hydrogen-bond donors (Lipinski definition) is 1. The molecule has 27 heavy (non-hydrogen) atoms. The van der Waals surface area contributed by atoms with Gasteiger partial charge in [0.2, 0.25) is 11.8 Å². The van der Waals surface area contributed by atoms with E-state index in [9.17, 15) is 9.59 Å². The molecule has 0 aromatic carbocycles. The van der Waals surface area contributed by atoms with Crippen LogP contribution < -0.4 is 5.32 Å². The highest BCUT2D eigenvalue weighted by atomic mass is 16.2. The minimum absolute atomic E-state index is 0.0554. The van der Waals surface area contributed by atoms with E-state index < -0.39 is 0 Å². The number of carbonyl (C=O) groups excluding carboxylic acids is 2. The first kappa shape index (κ1) is 21.2. The summed E-state index contributed by atoms with van der Waals surface area (Å²) >= 11 is 0. The third-order valence-electron chi connectivity index (χ3n) is 5.53. The molecule has 0 aromatic rings. The first-order chi connectivity index (χ1) is 13.1. The van der Waals surface area contributed by atoms with Gasteiger partial charge in [0.05, 0.1) is 37.4 Å². The van der Waals surface area contributed by atoms with Crippen LogP contribution in [0.1, 0.15) is 57.8 Å². The van der Waals surface area contributed by atoms with Gasteiger partial charge in [-0.1, -0.05) is 19.3 Å². The zero-order valence-electron chi connectivity index (χ0n) is 16.2. The predicted molar refractivity (Wildman–Crippen MR) is 101 cm³/mol. The molecule has 0 spiro atoms. The summed E-state index contributed by atoms with van der Waals surface area (Å²) in [6, 6.07) is 4.42. The SMILES string of the molecule is N#CCCN(CCC#N)C(=O)CN1CCC[C@H](C(=O)NC2CCCCC2)C1. The molecule has 1 aliphatic carbocycles. The van der Waals surface area contributed by atoms with Crippen molar-refractivity contribution >= 4 is 11.8 Å². The van der Waals surface area contributed by atoms with E-state index >= 15 is 0 Å². The lowest BCUT2D eigenvalue weighted by Crippen LogP contribution is -2.49. The van der Waals surface area contributed by atoms with E-state index in [0.717, 1.165) is 32.2 Å². The summed E-state index contributed by atoms with van der Waals surface area (Å²) in [5, 5.41) is 20.7. The topological polar surface area (TPSA) is 100 Å². The smallest absolute Gasteiger partial charge is 0.236 e. The van der Waals surface area contributed by atoms with E-state index in [1.54, 1.807) is 4.90 Å². The summed E-state index contributed by atoms with van der Waals surface area (Å²) in [4.78, 5) is 28.8. The largest absolute Gasteiger partial charge is 0.353 e. The van der Waals surface area contributed by atoms with Gasteiger partial charge >= 0.3 is 0 Å². The Morgan fingerprint density at radius 2 is 1.67 bits per heavy atom. The molecule has 1 saturated carbocycles. The quantitative estimate of drug-likeness (QED) is 0.699. The number of amides is 2. The number of piperidine rings is 1. The first-order valence-corrected chi connectivity index (χ1v) is 10.2. The third-order valence-corrected chi connectivity index (χ3v) is 5.53. The Morgan fingerprint density at radius 3 is 2.30 bits per heavy atom. The van der Waals surface area contributed by atoms with Crippen LogP contribution in [0.25, 0.3) is 0 Å². The van der Waals surface area contributed by atoms with Gasteiger partial charge in [0.25, 0.3) is 0 Å². The predicted octanol–water partition coefficient (Wildman–Crippen LogP) is 1.80. The molecule has 2 rings (SSSR count). The Balaban J connectivity index is 1.83. The van der Waals surface area contributed by atoms with Crippen molar-refractivity contribution in [3.05, 3.63) is 0 Å². The van der Waals surface area contributed by atoms with Crippen molar-refractivity contribution in [2.24, 2.45) is 5.92 Å². The molecule has 1 aliphatic heterocycles. The summed E-state index contributed by atoms with van der Waals surface area (Å²) in [5.41, 5.74) is 0. The average molecular weight is 374 g/mol. The van der Waals surface area contributed by atoms with Gasteiger partial charge in [0.1, 0.15) is 0 Å². The van der Waals surface area contributed by atoms with Gasteiger partial charge < -0.3 is 10.2 Å². The monoisotopic (exact) mass is 373 g/mol. The number of rotatable bonds is 8. The second kappa shape index (κ2) is 11.6. The molecule has 1 saturated heterocycles. The van der Waals surface area contributed by atoms with Crippen LogP contribution in [0.5, 0.6) is 0 Å². The van der Waals surface area contributed by atoms with Gasteiger partial charge in [0.15, 0.2) is 0 Å². The number of nitrogens with one attached hydrogen (secondary N) is 1. The van der Waals surface area contributed by atoms with E-state index in [0.29, 0.717) is 25.7 Å². The van der Waals surface area contributed by atoms with Gasteiger partial charge in [-0.25, -0.2) is 0 Å². The summed E-state index contributed by atoms with van der Waals surface area (Å²) in [6.45, 7) is 2.38. The van der Waals surface area contributed by atoms with Crippen molar-refractivity contribution in [1.82, 2.24) is 15.1 Å². The van der Waals surface area contributed by atoms with E-state index in [2.05, 4.69) is 17.5 Å². The van der Waals surface area contributed by atoms with Crippen LogP contribution in [-0.2, 0) is 9.59 Å². The zero-order chi connectivity index (χ0) is 19.5. The standard InChI is InChI=1S/C20H31N5O2/c21-10-5-13-25(14-6-11-22)19(26)16-24-12-4-7-17(15-24)20(27)23-18-8-2-1-3-9-18/h17-18H,1-9,12-16H2,(H,23,27)/t17-/m0/s1. The van der Waals surface area contributed by atoms with E-state index in [-0.39, 0.29) is 37.1 Å². The van der Waals surface area contributed by atoms with E-state index in [1.807, 2.05) is 4.90 Å². The molecule has 7 heteroatoms. The number of nitriles is 2. The van der Waals surface area contributed by atoms with Crippen molar-refractivity contribution in [2.75, 3.05) is 32.7 Å². The van der Waals surface area contributed by atoms with Crippen LogP contribution in [0.4, 0.5) is 0 Å². The van der Waals surface area contributed by atoms with Crippen molar-refractivity contribution in [3.8, 4) is 12.1 Å². The fourth-order valence-electron chi connectivity index (χ4n) is 4.00. The van der Waals surface area contributed by atoms with Gasteiger partial charge in [0, 0.05) is 25.7 Å². The molecule has 0 bridgehead atoms. The van der Waals surface area contributed by atoms with Crippen molar-refractivity contribution in [1.29, 1.82) is 10.5 Å². The van der Waals surface area contributed by atoms with Crippen molar-refractivity contribution < 1.29 is 9.59 Å². The molecule has 0 aromatic heterocycles. The molecule has 2 amide bonds. The van der Waals surface area contributed by atoms with E-state index in [4.69, 9.17) is 10.5 Å². The number of nitrogens with zero attached hydrogens (tertiary/aromatic N) is 4. The second-order valence-corrected chi connectivity index (χ2v) is 7.61. The summed E-state index contributed by atoms with van der Waals surface area (Å²) < 4.78 is 0. The Hall–Kier alpha value is -2.12. The normalized spacial score (nSPS) is 21.0. The fraction of sp³-hybridized carbons (Fsp3) is 0.800. The molecule has 7 nitrogen and oxygen atoms in total. The van der Waals surface area contributed by atoms with Gasteiger partial charge in [-0.3, -0.25) is 14.5 Å². The maximum atomic E-state index is 12.6. The van der Waals surface area contributed by atoms with Crippen LogP contribution in [0.15, 0.2) is 0 Å². The van der Waals surface area contributed by atoms with Crippen LogP contribution in [0.2, 0.25) is 0 Å². The molecule has 0 radical (unpaired) electrons. The van der Waals surface area contributed by atoms with Gasteiger partial charge in [-0.15, -0.1) is 0 Å². The number of likely N-dealkylation sites (tertiary alicyclic amines) is 1. The van der Waals surface area contributed by atoms with Gasteiger partial charge in [-0.05, 0) is 32.2 Å². The fourth-order valence-corrected chi connectivity index (χ4v) is 4.00. The van der Waals surface area contributed by atoms with Crippen molar-refractivity contribution in [2.45, 2.75) is 63.8 Å². The Morgan fingerprint density at radius 1 is 1.00 bits per heavy atom. The van der Waals surface area contributed by atoms with Crippen molar-refractivity contribution in [3.63, 3.8) is 0 Å². The van der Waals surface area contributed by atoms with Crippen LogP contribution in [0, 0.1) is 28.6 Å².